The van der Waals surface area contributed by atoms with Crippen LogP contribution in [0.4, 0.5) is 0 Å². The van der Waals surface area contributed by atoms with Crippen LogP contribution >= 0.6 is 0 Å². The molecule has 4 rings (SSSR count). The fourth-order valence-electron chi connectivity index (χ4n) is 5.20. The second kappa shape index (κ2) is 9.74. The lowest BCUT2D eigenvalue weighted by Gasteiger charge is -2.60. The van der Waals surface area contributed by atoms with E-state index in [9.17, 15) is 20.4 Å². The monoisotopic (exact) mass is 469 g/mol. The molecule has 3 fully saturated rings. The smallest absolute Gasteiger partial charge is 0.249 e. The molecule has 12 heteroatoms. The topological polar surface area (TPSA) is 170 Å². The number of aliphatic hydroxyl groups is 4. The molecule has 1 aromatic heterocycles. The van der Waals surface area contributed by atoms with E-state index < -0.39 is 60.3 Å². The molecule has 3 aliphatic rings. The predicted octanol–water partition coefficient (Wildman–Crippen LogP) is -3.14. The van der Waals surface area contributed by atoms with Crippen molar-refractivity contribution in [2.75, 3.05) is 27.2 Å². The van der Waals surface area contributed by atoms with Crippen LogP contribution in [0.5, 0.6) is 0 Å². The Balaban J connectivity index is 1.52. The molecule has 0 aromatic carbocycles. The third kappa shape index (κ3) is 4.41. The van der Waals surface area contributed by atoms with Crippen LogP contribution in [0.15, 0.2) is 18.6 Å². The van der Waals surface area contributed by atoms with Crippen molar-refractivity contribution in [2.24, 2.45) is 0 Å². The average molecular weight is 470 g/mol. The number of nitrogens with one attached hydrogen (secondary N) is 3. The highest BCUT2D eigenvalue weighted by Crippen LogP contribution is 2.46. The van der Waals surface area contributed by atoms with Crippen molar-refractivity contribution in [3.05, 3.63) is 24.3 Å². The second-order valence-electron chi connectivity index (χ2n) is 9.13. The van der Waals surface area contributed by atoms with Crippen molar-refractivity contribution in [3.8, 4) is 0 Å². The summed E-state index contributed by atoms with van der Waals surface area (Å²) in [6.07, 6.45) is -0.176. The highest BCUT2D eigenvalue weighted by molar-refractivity contribution is 5.12. The van der Waals surface area contributed by atoms with E-state index in [4.69, 9.17) is 14.2 Å². The quantitative estimate of drug-likeness (QED) is 0.201. The Hall–Kier alpha value is -1.32. The van der Waals surface area contributed by atoms with Crippen LogP contribution in [0.3, 0.4) is 0 Å². The summed E-state index contributed by atoms with van der Waals surface area (Å²) in [6.45, 7) is 2.26. The van der Waals surface area contributed by atoms with Gasteiger partial charge in [0, 0.05) is 44.5 Å². The highest BCUT2D eigenvalue weighted by Gasteiger charge is 2.68. The second-order valence-corrected chi connectivity index (χ2v) is 9.13. The Morgan fingerprint density at radius 3 is 2.48 bits per heavy atom. The van der Waals surface area contributed by atoms with Gasteiger partial charge in [-0.25, -0.2) is 0 Å². The Kier molecular flexibility index (Phi) is 7.32. The molecule has 0 unspecified atom stereocenters. The third-order valence-corrected chi connectivity index (χ3v) is 6.94. The van der Waals surface area contributed by atoms with Crippen molar-refractivity contribution in [3.63, 3.8) is 0 Å². The van der Waals surface area contributed by atoms with E-state index in [-0.39, 0.29) is 13.0 Å². The van der Waals surface area contributed by atoms with Crippen LogP contribution < -0.4 is 16.0 Å². The minimum Gasteiger partial charge on any atom is -0.390 e. The van der Waals surface area contributed by atoms with Gasteiger partial charge in [0.15, 0.2) is 0 Å². The molecule has 186 valence electrons. The molecule has 0 bridgehead atoms. The van der Waals surface area contributed by atoms with Crippen LogP contribution in [-0.2, 0) is 20.6 Å². The van der Waals surface area contributed by atoms with Crippen molar-refractivity contribution in [1.29, 1.82) is 0 Å². The molecule has 0 spiro atoms. The van der Waals surface area contributed by atoms with Gasteiger partial charge in [0.25, 0.3) is 0 Å². The molecule has 33 heavy (non-hydrogen) atoms. The fourth-order valence-corrected chi connectivity index (χ4v) is 5.20. The van der Waals surface area contributed by atoms with Crippen molar-refractivity contribution in [1.82, 2.24) is 25.9 Å². The van der Waals surface area contributed by atoms with E-state index in [2.05, 4.69) is 25.9 Å². The predicted molar refractivity (Wildman–Crippen MR) is 115 cm³/mol. The number of aliphatic hydroxyl groups excluding tert-OH is 2. The van der Waals surface area contributed by atoms with Gasteiger partial charge in [0.1, 0.15) is 23.9 Å². The maximum atomic E-state index is 11.6. The number of nitrogens with zero attached hydrogens (tertiary/aromatic N) is 2. The number of hydrogen-bond donors (Lipinski definition) is 7. The third-order valence-electron chi connectivity index (χ3n) is 6.94. The Morgan fingerprint density at radius 1 is 1.06 bits per heavy atom. The molecule has 1 aliphatic carbocycles. The first kappa shape index (κ1) is 24.8. The van der Waals surface area contributed by atoms with Gasteiger partial charge in [-0.3, -0.25) is 9.97 Å². The standard InChI is InChI=1S/C21H35N5O7/c1-11-8-20(29,10-25-5-4-12-9-24-6-7-26-12)21(30)19(31-11)32-18-16(28)13(22-2)15(27)14(23-3)17(18)33-21/h6-7,9,11,13-19,22-23,25,27-30H,4-5,8,10H2,1-3H3/t11-,13-,14+,15+,16+,17-,18-,19+,20-,21-/m1/s1. The molecule has 3 heterocycles. The highest BCUT2D eigenvalue weighted by atomic mass is 16.8. The Bertz CT molecular complexity index is 794. The summed E-state index contributed by atoms with van der Waals surface area (Å²) in [4.78, 5) is 8.26. The van der Waals surface area contributed by atoms with Crippen LogP contribution in [0, 0.1) is 0 Å². The van der Waals surface area contributed by atoms with E-state index >= 15 is 0 Å². The SMILES string of the molecule is CN[C@@H]1[C@H](O)[C@H](NC)[C@H]2O[C@]3(O)[C@H](O[C@@H]2[C@H]1O)O[C@H](C)C[C@@]3(O)CNCCc1cnccn1. The van der Waals surface area contributed by atoms with Gasteiger partial charge in [0.05, 0.1) is 30.0 Å². The molecular formula is C21H35N5O7. The molecule has 2 aliphatic heterocycles. The minimum absolute atomic E-state index is 0.00315. The molecule has 7 N–H and O–H groups in total. The van der Waals surface area contributed by atoms with Gasteiger partial charge < -0.3 is 50.6 Å². The molecule has 0 amide bonds. The first-order valence-electron chi connectivity index (χ1n) is 11.3. The van der Waals surface area contributed by atoms with Crippen LogP contribution in [0.1, 0.15) is 19.0 Å². The average Bonchev–Trinajstić information content (AvgIpc) is 2.78. The normalized spacial score (nSPS) is 45.3. The Morgan fingerprint density at radius 2 is 1.82 bits per heavy atom. The molecule has 0 radical (unpaired) electrons. The van der Waals surface area contributed by atoms with Crippen molar-refractivity contribution < 1.29 is 34.6 Å². The summed E-state index contributed by atoms with van der Waals surface area (Å²) in [5.74, 6) is -2.22. The molecule has 12 nitrogen and oxygen atoms in total. The number of fused-ring (bicyclic) bond motifs is 2. The molecule has 1 aromatic rings. The van der Waals surface area contributed by atoms with Gasteiger partial charge in [-0.05, 0) is 21.0 Å². The van der Waals surface area contributed by atoms with Gasteiger partial charge in [-0.1, -0.05) is 0 Å². The lowest BCUT2D eigenvalue weighted by Crippen LogP contribution is -2.81. The summed E-state index contributed by atoms with van der Waals surface area (Å²) >= 11 is 0. The first-order valence-corrected chi connectivity index (χ1v) is 11.3. The minimum atomic E-state index is -2.22. The van der Waals surface area contributed by atoms with Gasteiger partial charge in [0.2, 0.25) is 12.1 Å². The lowest BCUT2D eigenvalue weighted by atomic mass is 9.77. The number of ether oxygens (including phenoxy) is 3. The van der Waals surface area contributed by atoms with Gasteiger partial charge in [-0.15, -0.1) is 0 Å². The van der Waals surface area contributed by atoms with Crippen LogP contribution in [0.25, 0.3) is 0 Å². The van der Waals surface area contributed by atoms with E-state index in [1.807, 2.05) is 0 Å². The molecule has 10 atom stereocenters. The summed E-state index contributed by atoms with van der Waals surface area (Å²) in [7, 11) is 3.28. The molecule has 1 saturated carbocycles. The van der Waals surface area contributed by atoms with Crippen LogP contribution in [-0.4, -0.2) is 118 Å². The Labute approximate surface area is 192 Å². The zero-order valence-electron chi connectivity index (χ0n) is 19.1. The largest absolute Gasteiger partial charge is 0.390 e. The van der Waals surface area contributed by atoms with Gasteiger partial charge in [-0.2, -0.15) is 0 Å². The number of likely N-dealkylation sites (N-methyl/N-ethyl adjacent to an activating group) is 2. The van der Waals surface area contributed by atoms with E-state index in [1.165, 1.54) is 0 Å². The molecule has 2 saturated heterocycles. The summed E-state index contributed by atoms with van der Waals surface area (Å²) in [5.41, 5.74) is -0.952. The lowest BCUT2D eigenvalue weighted by molar-refractivity contribution is -0.482. The zero-order valence-corrected chi connectivity index (χ0v) is 19.1. The van der Waals surface area contributed by atoms with Gasteiger partial charge >= 0.3 is 0 Å². The number of rotatable bonds is 7. The van der Waals surface area contributed by atoms with E-state index in [0.29, 0.717) is 13.0 Å². The first-order chi connectivity index (χ1) is 15.7. The zero-order chi connectivity index (χ0) is 23.8. The maximum Gasteiger partial charge on any atom is 0.249 e. The summed E-state index contributed by atoms with van der Waals surface area (Å²) in [6, 6.07) is -1.35. The number of aromatic nitrogens is 2. The summed E-state index contributed by atoms with van der Waals surface area (Å²) in [5, 5.41) is 53.8. The van der Waals surface area contributed by atoms with Crippen LogP contribution in [0.2, 0.25) is 0 Å². The van der Waals surface area contributed by atoms with E-state index in [0.717, 1.165) is 5.69 Å². The number of hydrogen-bond acceptors (Lipinski definition) is 12. The van der Waals surface area contributed by atoms with Crippen molar-refractivity contribution >= 4 is 0 Å². The molecular weight excluding hydrogens is 434 g/mol. The van der Waals surface area contributed by atoms with E-state index in [1.54, 1.807) is 39.6 Å². The summed E-state index contributed by atoms with van der Waals surface area (Å²) < 4.78 is 17.9. The van der Waals surface area contributed by atoms with Crippen molar-refractivity contribution in [2.45, 2.75) is 80.0 Å². The maximum absolute atomic E-state index is 11.6. The fraction of sp³-hybridized carbons (Fsp3) is 0.810.